The average molecular weight is 390 g/mol. The second-order valence-electron chi connectivity index (χ2n) is 3.54. The molecule has 2 nitrogen and oxygen atoms in total. The van der Waals surface area contributed by atoms with Crippen LogP contribution >= 0.6 is 43.2 Å². The molecule has 0 bridgehead atoms. The third kappa shape index (κ3) is 3.02. The Kier molecular flexibility index (Phi) is 4.59. The summed E-state index contributed by atoms with van der Waals surface area (Å²) in [5.41, 5.74) is 1.33. The van der Waals surface area contributed by atoms with E-state index in [4.69, 9.17) is 4.74 Å². The molecule has 0 aliphatic rings. The van der Waals surface area contributed by atoms with Gasteiger partial charge < -0.3 is 4.74 Å². The third-order valence-electron chi connectivity index (χ3n) is 2.33. The zero-order valence-corrected chi connectivity index (χ0v) is 13.6. The number of halogens is 2. The van der Waals surface area contributed by atoms with Gasteiger partial charge in [0.05, 0.1) is 10.4 Å². The topological polar surface area (TPSA) is 26.3 Å². The molecule has 0 aliphatic carbocycles. The summed E-state index contributed by atoms with van der Waals surface area (Å²) in [4.78, 5) is 12.3. The standard InChI is InChI=1S/C13H10Br2O2S/c1-2-17-9-3-4-10(11(14)6-9)13(16)8-5-12(15)18-7-8/h3-7H,2H2,1H3. The Morgan fingerprint density at radius 1 is 1.33 bits per heavy atom. The van der Waals surface area contributed by atoms with Crippen LogP contribution in [0.15, 0.2) is 37.9 Å². The van der Waals surface area contributed by atoms with E-state index in [0.717, 1.165) is 14.0 Å². The van der Waals surface area contributed by atoms with Gasteiger partial charge in [-0.3, -0.25) is 4.79 Å². The average Bonchev–Trinajstić information content (AvgIpc) is 2.76. The first-order chi connectivity index (χ1) is 8.61. The summed E-state index contributed by atoms with van der Waals surface area (Å²) >= 11 is 8.27. The van der Waals surface area contributed by atoms with E-state index >= 15 is 0 Å². The molecule has 5 heteroatoms. The number of thiophene rings is 1. The Labute approximate surface area is 126 Å². The lowest BCUT2D eigenvalue weighted by molar-refractivity contribution is 0.103. The van der Waals surface area contributed by atoms with Crippen LogP contribution in [-0.4, -0.2) is 12.4 Å². The highest BCUT2D eigenvalue weighted by atomic mass is 79.9. The van der Waals surface area contributed by atoms with Gasteiger partial charge in [0.1, 0.15) is 5.75 Å². The maximum Gasteiger partial charge on any atom is 0.195 e. The number of ketones is 1. The Balaban J connectivity index is 2.31. The van der Waals surface area contributed by atoms with Gasteiger partial charge in [0, 0.05) is 21.0 Å². The van der Waals surface area contributed by atoms with Crippen LogP contribution in [0.2, 0.25) is 0 Å². The third-order valence-corrected chi connectivity index (χ3v) is 4.49. The highest BCUT2D eigenvalue weighted by Gasteiger charge is 2.14. The molecule has 0 aliphatic heterocycles. The van der Waals surface area contributed by atoms with Crippen LogP contribution in [0.3, 0.4) is 0 Å². The Morgan fingerprint density at radius 3 is 2.67 bits per heavy atom. The maximum absolute atomic E-state index is 12.3. The predicted molar refractivity (Wildman–Crippen MR) is 80.8 cm³/mol. The summed E-state index contributed by atoms with van der Waals surface area (Å²) in [5, 5.41) is 1.84. The molecule has 0 saturated heterocycles. The zero-order valence-electron chi connectivity index (χ0n) is 9.57. The predicted octanol–water partition coefficient (Wildman–Crippen LogP) is 4.90. The zero-order chi connectivity index (χ0) is 13.1. The molecule has 0 radical (unpaired) electrons. The van der Waals surface area contributed by atoms with Crippen molar-refractivity contribution in [3.63, 3.8) is 0 Å². The van der Waals surface area contributed by atoms with Crippen LogP contribution in [0.1, 0.15) is 22.8 Å². The minimum absolute atomic E-state index is 0.00636. The summed E-state index contributed by atoms with van der Waals surface area (Å²) in [7, 11) is 0. The lowest BCUT2D eigenvalue weighted by Crippen LogP contribution is -2.01. The summed E-state index contributed by atoms with van der Waals surface area (Å²) in [6.45, 7) is 2.53. The number of rotatable bonds is 4. The second-order valence-corrected chi connectivity index (χ2v) is 6.69. The second kappa shape index (κ2) is 5.99. The number of carbonyl (C=O) groups excluding carboxylic acids is 1. The van der Waals surface area contributed by atoms with E-state index < -0.39 is 0 Å². The van der Waals surface area contributed by atoms with Gasteiger partial charge in [0.2, 0.25) is 0 Å². The molecule has 0 atom stereocenters. The van der Waals surface area contributed by atoms with E-state index in [-0.39, 0.29) is 5.78 Å². The van der Waals surface area contributed by atoms with Gasteiger partial charge in [-0.25, -0.2) is 0 Å². The Bertz CT molecular complexity index is 578. The van der Waals surface area contributed by atoms with Crippen LogP contribution in [0.5, 0.6) is 5.75 Å². The number of carbonyl (C=O) groups is 1. The van der Waals surface area contributed by atoms with E-state index in [0.29, 0.717) is 17.7 Å². The fraction of sp³-hybridized carbons (Fsp3) is 0.154. The van der Waals surface area contributed by atoms with Crippen LogP contribution in [-0.2, 0) is 0 Å². The minimum atomic E-state index is 0.00636. The van der Waals surface area contributed by atoms with Gasteiger partial charge in [0.25, 0.3) is 0 Å². The normalized spacial score (nSPS) is 10.4. The largest absolute Gasteiger partial charge is 0.494 e. The highest BCUT2D eigenvalue weighted by molar-refractivity contribution is 9.11. The molecule has 1 aromatic heterocycles. The molecule has 18 heavy (non-hydrogen) atoms. The van der Waals surface area contributed by atoms with Gasteiger partial charge in [-0.1, -0.05) is 0 Å². The van der Waals surface area contributed by atoms with Crippen molar-refractivity contribution in [2.45, 2.75) is 6.92 Å². The van der Waals surface area contributed by atoms with E-state index in [9.17, 15) is 4.79 Å². The first-order valence-electron chi connectivity index (χ1n) is 5.33. The quantitative estimate of drug-likeness (QED) is 0.695. The number of hydrogen-bond donors (Lipinski definition) is 0. The van der Waals surface area contributed by atoms with Gasteiger partial charge >= 0.3 is 0 Å². The monoisotopic (exact) mass is 388 g/mol. The van der Waals surface area contributed by atoms with Crippen molar-refractivity contribution < 1.29 is 9.53 Å². The molecule has 0 N–H and O–H groups in total. The van der Waals surface area contributed by atoms with E-state index in [1.807, 2.05) is 30.5 Å². The first-order valence-corrected chi connectivity index (χ1v) is 7.79. The molecular weight excluding hydrogens is 380 g/mol. The van der Waals surface area contributed by atoms with Crippen molar-refractivity contribution >= 4 is 49.0 Å². The molecule has 0 unspecified atom stereocenters. The maximum atomic E-state index is 12.3. The van der Waals surface area contributed by atoms with Crippen molar-refractivity contribution in [3.05, 3.63) is 49.0 Å². The number of benzene rings is 1. The fourth-order valence-electron chi connectivity index (χ4n) is 1.52. The van der Waals surface area contributed by atoms with Gasteiger partial charge in [-0.2, -0.15) is 0 Å². The molecule has 94 valence electrons. The highest BCUT2D eigenvalue weighted by Crippen LogP contribution is 2.28. The summed E-state index contributed by atoms with van der Waals surface area (Å²) < 4.78 is 7.09. The lowest BCUT2D eigenvalue weighted by Gasteiger charge is -2.06. The Morgan fingerprint density at radius 2 is 2.11 bits per heavy atom. The smallest absolute Gasteiger partial charge is 0.195 e. The van der Waals surface area contributed by atoms with Crippen LogP contribution in [0.4, 0.5) is 0 Å². The molecular formula is C13H10Br2O2S. The van der Waals surface area contributed by atoms with Crippen molar-refractivity contribution in [1.29, 1.82) is 0 Å². The SMILES string of the molecule is CCOc1ccc(C(=O)c2csc(Br)c2)c(Br)c1. The van der Waals surface area contributed by atoms with Crippen LogP contribution in [0, 0.1) is 0 Å². The fourth-order valence-corrected chi connectivity index (χ4v) is 3.20. The van der Waals surface area contributed by atoms with Crippen molar-refractivity contribution in [2.24, 2.45) is 0 Å². The first kappa shape index (κ1) is 13.8. The molecule has 0 spiro atoms. The van der Waals surface area contributed by atoms with E-state index in [1.165, 1.54) is 11.3 Å². The molecule has 2 rings (SSSR count). The summed E-state index contributed by atoms with van der Waals surface area (Å²) in [6, 6.07) is 7.24. The van der Waals surface area contributed by atoms with Crippen molar-refractivity contribution in [3.8, 4) is 5.75 Å². The molecule has 1 heterocycles. The van der Waals surface area contributed by atoms with Gasteiger partial charge in [0.15, 0.2) is 5.78 Å². The van der Waals surface area contributed by atoms with E-state index in [2.05, 4.69) is 31.9 Å². The molecule has 0 fully saturated rings. The number of ether oxygens (including phenoxy) is 1. The Hall–Kier alpha value is -0.650. The summed E-state index contributed by atoms with van der Waals surface area (Å²) in [6.07, 6.45) is 0. The summed E-state index contributed by atoms with van der Waals surface area (Å²) in [5.74, 6) is 0.763. The van der Waals surface area contributed by atoms with Gasteiger partial charge in [-0.15, -0.1) is 11.3 Å². The van der Waals surface area contributed by atoms with Crippen molar-refractivity contribution in [1.82, 2.24) is 0 Å². The molecule has 0 saturated carbocycles. The van der Waals surface area contributed by atoms with Crippen LogP contribution in [0.25, 0.3) is 0 Å². The molecule has 0 amide bonds. The lowest BCUT2D eigenvalue weighted by atomic mass is 10.1. The molecule has 2 aromatic rings. The molecule has 1 aromatic carbocycles. The van der Waals surface area contributed by atoms with E-state index in [1.54, 1.807) is 6.07 Å². The van der Waals surface area contributed by atoms with Crippen molar-refractivity contribution in [2.75, 3.05) is 6.61 Å². The minimum Gasteiger partial charge on any atom is -0.494 e. The van der Waals surface area contributed by atoms with Crippen LogP contribution < -0.4 is 4.74 Å². The van der Waals surface area contributed by atoms with Gasteiger partial charge in [-0.05, 0) is 63.0 Å². The number of hydrogen-bond acceptors (Lipinski definition) is 3.